The van der Waals surface area contributed by atoms with Crippen molar-refractivity contribution in [3.05, 3.63) is 0 Å². The number of morpholine rings is 1. The minimum Gasteiger partial charge on any atom is -0.373 e. The number of alkyl halides is 3. The maximum Gasteiger partial charge on any atom is 0.397 e. The van der Waals surface area contributed by atoms with Gasteiger partial charge in [-0.1, -0.05) is 0 Å². The largest absolute Gasteiger partial charge is 0.397 e. The first kappa shape index (κ1) is 13.2. The Bertz CT molecular complexity index is 243. The van der Waals surface area contributed by atoms with Crippen molar-refractivity contribution in [2.75, 3.05) is 33.3 Å². The van der Waals surface area contributed by atoms with Gasteiger partial charge in [-0.3, -0.25) is 4.79 Å². The molecule has 1 amide bonds. The number of carbonyl (C=O) groups is 1. The zero-order chi connectivity index (χ0) is 12.2. The minimum atomic E-state index is -4.44. The monoisotopic (exact) mass is 240 g/mol. The van der Waals surface area contributed by atoms with Crippen LogP contribution in [0.1, 0.15) is 6.42 Å². The molecule has 0 aromatic rings. The van der Waals surface area contributed by atoms with E-state index >= 15 is 0 Å². The lowest BCUT2D eigenvalue weighted by Gasteiger charge is -2.33. The fourth-order valence-corrected chi connectivity index (χ4v) is 1.58. The first-order valence-corrected chi connectivity index (χ1v) is 5.03. The van der Waals surface area contributed by atoms with Crippen molar-refractivity contribution in [1.82, 2.24) is 10.2 Å². The smallest absolute Gasteiger partial charge is 0.373 e. The van der Waals surface area contributed by atoms with Crippen LogP contribution < -0.4 is 5.32 Å². The minimum absolute atomic E-state index is 0.218. The van der Waals surface area contributed by atoms with Crippen LogP contribution in [-0.2, 0) is 9.53 Å². The second kappa shape index (κ2) is 5.49. The maximum absolute atomic E-state index is 12.0. The van der Waals surface area contributed by atoms with Gasteiger partial charge in [0.2, 0.25) is 5.91 Å². The van der Waals surface area contributed by atoms with Crippen molar-refractivity contribution < 1.29 is 22.7 Å². The third-order valence-corrected chi connectivity index (χ3v) is 2.27. The highest BCUT2D eigenvalue weighted by Crippen LogP contribution is 2.21. The van der Waals surface area contributed by atoms with Gasteiger partial charge in [0, 0.05) is 19.6 Å². The molecule has 0 aromatic heterocycles. The van der Waals surface area contributed by atoms with Gasteiger partial charge in [0.05, 0.1) is 12.7 Å². The molecule has 0 aromatic carbocycles. The van der Waals surface area contributed by atoms with E-state index in [1.54, 1.807) is 7.05 Å². The summed E-state index contributed by atoms with van der Waals surface area (Å²) in [5, 5.41) is 2.86. The summed E-state index contributed by atoms with van der Waals surface area (Å²) in [6.07, 6.45) is -6.05. The number of hydrogen-bond acceptors (Lipinski definition) is 3. The number of nitrogens with one attached hydrogen (secondary N) is 1. The third kappa shape index (κ3) is 4.36. The Morgan fingerprint density at radius 1 is 1.56 bits per heavy atom. The Hall–Kier alpha value is -0.820. The molecular formula is C9H15F3N2O2. The van der Waals surface area contributed by atoms with Crippen molar-refractivity contribution in [2.24, 2.45) is 0 Å². The average molecular weight is 240 g/mol. The normalized spacial score (nSPS) is 22.2. The van der Waals surface area contributed by atoms with Gasteiger partial charge < -0.3 is 15.0 Å². The SMILES string of the molecule is CNCC1CN(C(=O)CC(F)(F)F)CCO1. The van der Waals surface area contributed by atoms with Crippen LogP contribution in [0.3, 0.4) is 0 Å². The molecule has 4 nitrogen and oxygen atoms in total. The van der Waals surface area contributed by atoms with Crippen LogP contribution in [0.25, 0.3) is 0 Å². The molecule has 1 fully saturated rings. The highest BCUT2D eigenvalue weighted by Gasteiger charge is 2.35. The highest BCUT2D eigenvalue weighted by molar-refractivity contribution is 5.77. The maximum atomic E-state index is 12.0. The fourth-order valence-electron chi connectivity index (χ4n) is 1.58. The van der Waals surface area contributed by atoms with E-state index in [2.05, 4.69) is 5.32 Å². The number of hydrogen-bond donors (Lipinski definition) is 1. The highest BCUT2D eigenvalue weighted by atomic mass is 19.4. The van der Waals surface area contributed by atoms with E-state index in [1.807, 2.05) is 0 Å². The molecule has 0 radical (unpaired) electrons. The summed E-state index contributed by atoms with van der Waals surface area (Å²) >= 11 is 0. The lowest BCUT2D eigenvalue weighted by Crippen LogP contribution is -2.49. The summed E-state index contributed by atoms with van der Waals surface area (Å²) in [4.78, 5) is 12.5. The molecule has 1 aliphatic heterocycles. The summed E-state index contributed by atoms with van der Waals surface area (Å²) in [6.45, 7) is 1.26. The molecule has 0 saturated carbocycles. The van der Waals surface area contributed by atoms with E-state index in [4.69, 9.17) is 4.74 Å². The van der Waals surface area contributed by atoms with Crippen molar-refractivity contribution in [3.63, 3.8) is 0 Å². The van der Waals surface area contributed by atoms with Gasteiger partial charge in [-0.25, -0.2) is 0 Å². The molecule has 1 heterocycles. The summed E-state index contributed by atoms with van der Waals surface area (Å²) in [7, 11) is 1.72. The Kier molecular flexibility index (Phi) is 4.55. The summed E-state index contributed by atoms with van der Waals surface area (Å²) < 4.78 is 41.3. The van der Waals surface area contributed by atoms with E-state index in [9.17, 15) is 18.0 Å². The quantitative estimate of drug-likeness (QED) is 0.775. The molecule has 1 saturated heterocycles. The second-order valence-corrected chi connectivity index (χ2v) is 3.68. The number of rotatable bonds is 3. The number of amides is 1. The van der Waals surface area contributed by atoms with E-state index in [1.165, 1.54) is 4.90 Å². The van der Waals surface area contributed by atoms with Crippen molar-refractivity contribution in [2.45, 2.75) is 18.7 Å². The Labute approximate surface area is 91.7 Å². The van der Waals surface area contributed by atoms with Gasteiger partial charge in [0.1, 0.15) is 6.42 Å². The summed E-state index contributed by atoms with van der Waals surface area (Å²) in [6, 6.07) is 0. The summed E-state index contributed by atoms with van der Waals surface area (Å²) in [5.41, 5.74) is 0. The van der Waals surface area contributed by atoms with Crippen LogP contribution in [0.2, 0.25) is 0 Å². The van der Waals surface area contributed by atoms with Crippen LogP contribution in [0.4, 0.5) is 13.2 Å². The zero-order valence-electron chi connectivity index (χ0n) is 9.01. The molecule has 1 rings (SSSR count). The van der Waals surface area contributed by atoms with E-state index < -0.39 is 18.5 Å². The standard InChI is InChI=1S/C9H15F3N2O2/c1-13-5-7-6-14(2-3-16-7)8(15)4-9(10,11)12/h7,13H,2-6H2,1H3. The van der Waals surface area contributed by atoms with Crippen molar-refractivity contribution in [3.8, 4) is 0 Å². The molecule has 1 aliphatic rings. The van der Waals surface area contributed by atoms with E-state index in [-0.39, 0.29) is 25.8 Å². The molecular weight excluding hydrogens is 225 g/mol. The molecule has 7 heteroatoms. The summed E-state index contributed by atoms with van der Waals surface area (Å²) in [5.74, 6) is -0.878. The van der Waals surface area contributed by atoms with Crippen LogP contribution in [0.5, 0.6) is 0 Å². The van der Waals surface area contributed by atoms with Crippen LogP contribution in [0, 0.1) is 0 Å². The van der Waals surface area contributed by atoms with Crippen LogP contribution in [-0.4, -0.2) is 56.4 Å². The molecule has 0 bridgehead atoms. The van der Waals surface area contributed by atoms with Gasteiger partial charge in [-0.2, -0.15) is 13.2 Å². The molecule has 1 atom stereocenters. The van der Waals surface area contributed by atoms with Crippen molar-refractivity contribution in [1.29, 1.82) is 0 Å². The Morgan fingerprint density at radius 3 is 2.81 bits per heavy atom. The Morgan fingerprint density at radius 2 is 2.25 bits per heavy atom. The van der Waals surface area contributed by atoms with E-state index in [0.717, 1.165) is 0 Å². The predicted octanol–water partition coefficient (Wildman–Crippen LogP) is 0.386. The topological polar surface area (TPSA) is 41.6 Å². The second-order valence-electron chi connectivity index (χ2n) is 3.68. The number of carbonyl (C=O) groups excluding carboxylic acids is 1. The first-order chi connectivity index (χ1) is 7.42. The Balaban J connectivity index is 2.44. The molecule has 0 spiro atoms. The molecule has 1 unspecified atom stereocenters. The third-order valence-electron chi connectivity index (χ3n) is 2.27. The molecule has 94 valence electrons. The van der Waals surface area contributed by atoms with Crippen LogP contribution in [0.15, 0.2) is 0 Å². The van der Waals surface area contributed by atoms with Crippen LogP contribution >= 0.6 is 0 Å². The molecule has 1 N–H and O–H groups in total. The van der Waals surface area contributed by atoms with Gasteiger partial charge in [-0.05, 0) is 7.05 Å². The average Bonchev–Trinajstić information content (AvgIpc) is 2.16. The van der Waals surface area contributed by atoms with Gasteiger partial charge in [-0.15, -0.1) is 0 Å². The van der Waals surface area contributed by atoms with Gasteiger partial charge in [0.15, 0.2) is 0 Å². The fraction of sp³-hybridized carbons (Fsp3) is 0.889. The molecule has 16 heavy (non-hydrogen) atoms. The predicted molar refractivity (Wildman–Crippen MR) is 50.9 cm³/mol. The number of ether oxygens (including phenoxy) is 1. The lowest BCUT2D eigenvalue weighted by atomic mass is 10.2. The van der Waals surface area contributed by atoms with E-state index in [0.29, 0.717) is 6.54 Å². The van der Waals surface area contributed by atoms with Gasteiger partial charge in [0.25, 0.3) is 0 Å². The number of halogens is 3. The lowest BCUT2D eigenvalue weighted by molar-refractivity contribution is -0.166. The van der Waals surface area contributed by atoms with Crippen molar-refractivity contribution >= 4 is 5.91 Å². The van der Waals surface area contributed by atoms with Gasteiger partial charge >= 0.3 is 6.18 Å². The number of likely N-dealkylation sites (N-methyl/N-ethyl adjacent to an activating group) is 1. The first-order valence-electron chi connectivity index (χ1n) is 5.03. The number of nitrogens with zero attached hydrogens (tertiary/aromatic N) is 1. The molecule has 0 aliphatic carbocycles. The zero-order valence-corrected chi connectivity index (χ0v) is 9.01.